The molecule has 0 radical (unpaired) electrons. The third-order valence-corrected chi connectivity index (χ3v) is 4.77. The van der Waals surface area contributed by atoms with Gasteiger partial charge in [-0.2, -0.15) is 0 Å². The summed E-state index contributed by atoms with van der Waals surface area (Å²) in [6.45, 7) is 8.57. The molecule has 0 N–H and O–H groups in total. The first-order chi connectivity index (χ1) is 9.09. The zero-order chi connectivity index (χ0) is 13.6. The molecule has 0 spiro atoms. The highest BCUT2D eigenvalue weighted by Gasteiger charge is 2.34. The van der Waals surface area contributed by atoms with Gasteiger partial charge >= 0.3 is 0 Å². The van der Waals surface area contributed by atoms with Crippen LogP contribution in [0.5, 0.6) is 0 Å². The second-order valence-corrected chi connectivity index (χ2v) is 5.94. The van der Waals surface area contributed by atoms with Crippen LogP contribution in [-0.2, 0) is 0 Å². The van der Waals surface area contributed by atoms with Crippen molar-refractivity contribution in [1.29, 1.82) is 0 Å². The van der Waals surface area contributed by atoms with Crippen molar-refractivity contribution in [2.75, 3.05) is 0 Å². The van der Waals surface area contributed by atoms with Crippen molar-refractivity contribution in [1.82, 2.24) is 14.5 Å². The van der Waals surface area contributed by atoms with Crippen molar-refractivity contribution in [3.63, 3.8) is 0 Å². The summed E-state index contributed by atoms with van der Waals surface area (Å²) in [5, 5.41) is 1.47. The predicted octanol–water partition coefficient (Wildman–Crippen LogP) is 4.25. The third-order valence-electron chi connectivity index (χ3n) is 4.47. The number of aromatic nitrogens is 3. The fourth-order valence-corrected chi connectivity index (χ4v) is 3.63. The van der Waals surface area contributed by atoms with E-state index in [-0.39, 0.29) is 0 Å². The molecule has 3 unspecified atom stereocenters. The molecule has 1 saturated carbocycles. The van der Waals surface area contributed by atoms with E-state index in [1.54, 1.807) is 0 Å². The van der Waals surface area contributed by atoms with Crippen LogP contribution < -0.4 is 0 Å². The molecule has 0 amide bonds. The molecule has 2 heterocycles. The van der Waals surface area contributed by atoms with Gasteiger partial charge in [0.2, 0.25) is 0 Å². The Morgan fingerprint density at radius 3 is 2.89 bits per heavy atom. The maximum absolute atomic E-state index is 6.11. The minimum atomic E-state index is 0.477. The van der Waals surface area contributed by atoms with E-state index in [4.69, 9.17) is 11.6 Å². The maximum Gasteiger partial charge on any atom is 0.145 e. The molecule has 0 aliphatic heterocycles. The monoisotopic (exact) mass is 275 g/mol. The molecule has 4 heteroatoms. The maximum atomic E-state index is 6.11. The Bertz CT molecular complexity index is 631. The molecule has 0 bridgehead atoms. The van der Waals surface area contributed by atoms with Crippen LogP contribution in [0.2, 0.25) is 5.15 Å². The molecule has 1 aliphatic rings. The van der Waals surface area contributed by atoms with Crippen LogP contribution in [-0.4, -0.2) is 14.5 Å². The second kappa shape index (κ2) is 4.64. The zero-order valence-corrected chi connectivity index (χ0v) is 12.1. The lowest BCUT2D eigenvalue weighted by Gasteiger charge is -2.22. The minimum absolute atomic E-state index is 0.477. The van der Waals surface area contributed by atoms with Crippen molar-refractivity contribution in [3.8, 4) is 0 Å². The summed E-state index contributed by atoms with van der Waals surface area (Å²) < 4.78 is 2.26. The van der Waals surface area contributed by atoms with Crippen LogP contribution in [0, 0.1) is 11.8 Å². The van der Waals surface area contributed by atoms with Crippen molar-refractivity contribution in [2.45, 2.75) is 32.7 Å². The topological polar surface area (TPSA) is 30.7 Å². The Morgan fingerprint density at radius 2 is 2.21 bits per heavy atom. The highest BCUT2D eigenvalue weighted by molar-refractivity contribution is 6.33. The quantitative estimate of drug-likeness (QED) is 0.606. The molecule has 1 fully saturated rings. The van der Waals surface area contributed by atoms with Crippen LogP contribution in [0.1, 0.15) is 32.7 Å². The standard InChI is InChI=1S/C15H18ClN3/c1-9(2)11-4-5-13(10(11)3)19-7-6-12-14(16)17-8-18-15(12)19/h6-8,10-11,13H,1,4-5H2,2-3H3. The van der Waals surface area contributed by atoms with Gasteiger partial charge in [0.05, 0.1) is 5.39 Å². The van der Waals surface area contributed by atoms with Gasteiger partial charge in [-0.3, -0.25) is 0 Å². The first-order valence-corrected chi connectivity index (χ1v) is 7.10. The molecule has 19 heavy (non-hydrogen) atoms. The Balaban J connectivity index is 2.02. The van der Waals surface area contributed by atoms with Crippen molar-refractivity contribution in [2.24, 2.45) is 11.8 Å². The number of hydrogen-bond acceptors (Lipinski definition) is 2. The third kappa shape index (κ3) is 1.96. The number of halogens is 1. The highest BCUT2D eigenvalue weighted by atomic mass is 35.5. The van der Waals surface area contributed by atoms with E-state index in [1.165, 1.54) is 24.7 Å². The zero-order valence-electron chi connectivity index (χ0n) is 11.3. The van der Waals surface area contributed by atoms with E-state index in [2.05, 4.69) is 41.2 Å². The summed E-state index contributed by atoms with van der Waals surface area (Å²) in [7, 11) is 0. The molecule has 3 nitrogen and oxygen atoms in total. The van der Waals surface area contributed by atoms with Crippen molar-refractivity contribution in [3.05, 3.63) is 35.9 Å². The SMILES string of the molecule is C=C(C)C1CCC(n2ccc3c(Cl)ncnc32)C1C. The largest absolute Gasteiger partial charge is 0.329 e. The van der Waals surface area contributed by atoms with E-state index in [9.17, 15) is 0 Å². The van der Waals surface area contributed by atoms with Gasteiger partial charge in [0, 0.05) is 12.2 Å². The summed E-state index contributed by atoms with van der Waals surface area (Å²) >= 11 is 6.11. The molecule has 2 aromatic heterocycles. The van der Waals surface area contributed by atoms with Gasteiger partial charge in [-0.25, -0.2) is 9.97 Å². The second-order valence-electron chi connectivity index (χ2n) is 5.58. The Morgan fingerprint density at radius 1 is 1.42 bits per heavy atom. The fourth-order valence-electron chi connectivity index (χ4n) is 3.44. The molecular formula is C15H18ClN3. The van der Waals surface area contributed by atoms with E-state index in [0.717, 1.165) is 11.0 Å². The summed E-state index contributed by atoms with van der Waals surface area (Å²) in [6.07, 6.45) is 6.01. The molecule has 0 aromatic carbocycles. The first-order valence-electron chi connectivity index (χ1n) is 6.72. The first kappa shape index (κ1) is 12.7. The van der Waals surface area contributed by atoms with Crippen LogP contribution in [0.25, 0.3) is 11.0 Å². The molecule has 0 saturated heterocycles. The van der Waals surface area contributed by atoms with Crippen molar-refractivity contribution >= 4 is 22.6 Å². The van der Waals surface area contributed by atoms with Crippen LogP contribution in [0.4, 0.5) is 0 Å². The lowest BCUT2D eigenvalue weighted by molar-refractivity contribution is 0.370. The number of fused-ring (bicyclic) bond motifs is 1. The Kier molecular flexibility index (Phi) is 3.09. The number of rotatable bonds is 2. The molecular weight excluding hydrogens is 258 g/mol. The molecule has 100 valence electrons. The average molecular weight is 276 g/mol. The average Bonchev–Trinajstić information content (AvgIpc) is 2.93. The van der Waals surface area contributed by atoms with Crippen LogP contribution >= 0.6 is 11.6 Å². The molecule has 3 rings (SSSR count). The fraction of sp³-hybridized carbons (Fsp3) is 0.467. The highest BCUT2D eigenvalue weighted by Crippen LogP contribution is 2.44. The number of hydrogen-bond donors (Lipinski definition) is 0. The van der Waals surface area contributed by atoms with Crippen LogP contribution in [0.15, 0.2) is 30.7 Å². The van der Waals surface area contributed by atoms with E-state index >= 15 is 0 Å². The summed E-state index contributed by atoms with van der Waals surface area (Å²) in [5.41, 5.74) is 2.23. The Hall–Kier alpha value is -1.35. The molecule has 1 aliphatic carbocycles. The lowest BCUT2D eigenvalue weighted by atomic mass is 9.90. The summed E-state index contributed by atoms with van der Waals surface area (Å²) in [5.74, 6) is 1.20. The smallest absolute Gasteiger partial charge is 0.145 e. The van der Waals surface area contributed by atoms with E-state index in [1.807, 2.05) is 6.07 Å². The normalized spacial score (nSPS) is 27.0. The van der Waals surface area contributed by atoms with E-state index in [0.29, 0.717) is 23.0 Å². The number of nitrogens with zero attached hydrogens (tertiary/aromatic N) is 3. The van der Waals surface area contributed by atoms with Gasteiger partial charge in [0.15, 0.2) is 0 Å². The predicted molar refractivity (Wildman–Crippen MR) is 78.3 cm³/mol. The van der Waals surface area contributed by atoms with Gasteiger partial charge in [0.25, 0.3) is 0 Å². The molecule has 3 atom stereocenters. The van der Waals surface area contributed by atoms with Gasteiger partial charge in [-0.05, 0) is 37.7 Å². The number of allylic oxidation sites excluding steroid dienone is 1. The van der Waals surface area contributed by atoms with E-state index < -0.39 is 0 Å². The summed E-state index contributed by atoms with van der Waals surface area (Å²) in [4.78, 5) is 8.43. The lowest BCUT2D eigenvalue weighted by Crippen LogP contribution is -2.16. The molecule has 2 aromatic rings. The van der Waals surface area contributed by atoms with Gasteiger partial charge in [-0.1, -0.05) is 30.7 Å². The van der Waals surface area contributed by atoms with Gasteiger partial charge < -0.3 is 4.57 Å². The minimum Gasteiger partial charge on any atom is -0.329 e. The van der Waals surface area contributed by atoms with Gasteiger partial charge in [0.1, 0.15) is 17.1 Å². The van der Waals surface area contributed by atoms with Crippen LogP contribution in [0.3, 0.4) is 0 Å². The summed E-state index contributed by atoms with van der Waals surface area (Å²) in [6, 6.07) is 2.49. The van der Waals surface area contributed by atoms with Gasteiger partial charge in [-0.15, -0.1) is 0 Å². The Labute approximate surface area is 118 Å². The van der Waals surface area contributed by atoms with Crippen molar-refractivity contribution < 1.29 is 0 Å².